The molecule has 0 amide bonds. The van der Waals surface area contributed by atoms with Crippen LogP contribution in [0.3, 0.4) is 0 Å². The molecule has 3 heterocycles. The third kappa shape index (κ3) is 8.44. The second-order valence-electron chi connectivity index (χ2n) is 14.6. The summed E-state index contributed by atoms with van der Waals surface area (Å²) in [6, 6.07) is 32.6. The van der Waals surface area contributed by atoms with Crippen LogP contribution in [-0.4, -0.2) is 39.3 Å². The van der Waals surface area contributed by atoms with Crippen LogP contribution in [0.15, 0.2) is 72.8 Å². The highest BCUT2D eigenvalue weighted by molar-refractivity contribution is 5.90. The molecule has 0 spiro atoms. The van der Waals surface area contributed by atoms with Crippen molar-refractivity contribution in [2.75, 3.05) is 54.0 Å². The average Bonchev–Trinajstić information content (AvgIpc) is 3.25. The van der Waals surface area contributed by atoms with Gasteiger partial charge in [-0.1, -0.05) is 72.9 Å². The fraction of sp³-hybridized carbons (Fsp3) is 0.312. The molecule has 0 aromatic heterocycles. The van der Waals surface area contributed by atoms with E-state index in [0.717, 1.165) is 56.0 Å². The molecule has 0 aliphatic carbocycles. The van der Waals surface area contributed by atoms with Gasteiger partial charge in [-0.25, -0.2) is 0 Å². The van der Waals surface area contributed by atoms with Crippen LogP contribution in [0.4, 0.5) is 17.1 Å². The maximum Gasteiger partial charge on any atom is 0.100 e. The molecule has 54 heavy (non-hydrogen) atoms. The lowest BCUT2D eigenvalue weighted by molar-refractivity contribution is 0.578. The van der Waals surface area contributed by atoms with Gasteiger partial charge >= 0.3 is 0 Å². The highest BCUT2D eigenvalue weighted by Crippen LogP contribution is 2.33. The van der Waals surface area contributed by atoms with Crippen LogP contribution in [0.1, 0.15) is 108 Å². The molecule has 0 unspecified atom stereocenters. The first-order valence-corrected chi connectivity index (χ1v) is 19.7. The minimum atomic E-state index is 0.313. The van der Waals surface area contributed by atoms with E-state index in [0.29, 0.717) is 33.4 Å². The smallest absolute Gasteiger partial charge is 0.100 e. The molecule has 0 bridgehead atoms. The van der Waals surface area contributed by atoms with Crippen LogP contribution in [0, 0.1) is 34.0 Å². The second-order valence-corrected chi connectivity index (χ2v) is 14.6. The number of anilines is 3. The number of nitrogens with zero attached hydrogens (tertiary/aromatic N) is 6. The first-order chi connectivity index (χ1) is 26.6. The molecule has 3 aliphatic heterocycles. The van der Waals surface area contributed by atoms with Gasteiger partial charge in [0.1, 0.15) is 18.2 Å². The van der Waals surface area contributed by atoms with E-state index < -0.39 is 0 Å². The number of nitriles is 3. The van der Waals surface area contributed by atoms with Gasteiger partial charge in [0.15, 0.2) is 0 Å². The Bertz CT molecular complexity index is 1850. The fourth-order valence-corrected chi connectivity index (χ4v) is 8.06. The van der Waals surface area contributed by atoms with E-state index >= 15 is 0 Å². The highest BCUT2D eigenvalue weighted by atomic mass is 15.1. The van der Waals surface area contributed by atoms with Gasteiger partial charge in [-0.15, -0.1) is 0 Å². The summed E-state index contributed by atoms with van der Waals surface area (Å²) in [7, 11) is 0. The Kier molecular flexibility index (Phi) is 11.9. The van der Waals surface area contributed by atoms with E-state index in [1.807, 2.05) is 36.5 Å². The van der Waals surface area contributed by atoms with Crippen molar-refractivity contribution in [1.29, 1.82) is 15.8 Å². The highest BCUT2D eigenvalue weighted by Gasteiger charge is 2.21. The van der Waals surface area contributed by atoms with E-state index in [1.54, 1.807) is 0 Å². The van der Waals surface area contributed by atoms with Gasteiger partial charge in [0.05, 0.1) is 16.7 Å². The third-order valence-corrected chi connectivity index (χ3v) is 11.1. The van der Waals surface area contributed by atoms with Crippen LogP contribution in [0.2, 0.25) is 0 Å². The Morgan fingerprint density at radius 1 is 0.333 bits per heavy atom. The summed E-state index contributed by atoms with van der Waals surface area (Å²) in [4.78, 5) is 7.29. The van der Waals surface area contributed by atoms with Gasteiger partial charge in [-0.05, 0) is 111 Å². The predicted octanol–water partition coefficient (Wildman–Crippen LogP) is 10.8. The molecule has 0 atom stereocenters. The lowest BCUT2D eigenvalue weighted by atomic mass is 9.86. The van der Waals surface area contributed by atoms with Crippen molar-refractivity contribution in [1.82, 2.24) is 0 Å². The zero-order chi connectivity index (χ0) is 37.1. The van der Waals surface area contributed by atoms with E-state index in [-0.39, 0.29) is 0 Å². The fourth-order valence-electron chi connectivity index (χ4n) is 8.06. The van der Waals surface area contributed by atoms with Gasteiger partial charge in [0.2, 0.25) is 0 Å². The SMILES string of the molecule is N#Cc1c(C=Cc2ccc(N3CCCCC3)cc2)c(C#N)c(C=Cc2ccc(N3CCCCC3)cc2)c(C#N)c1C=Cc1ccc(N2CCCCC2)cc1. The summed E-state index contributed by atoms with van der Waals surface area (Å²) < 4.78 is 0. The third-order valence-electron chi connectivity index (χ3n) is 11.1. The maximum atomic E-state index is 10.7. The van der Waals surface area contributed by atoms with E-state index in [1.165, 1.54) is 74.8 Å². The molecule has 0 N–H and O–H groups in total. The molecular weight excluding hydrogens is 661 g/mol. The van der Waals surface area contributed by atoms with Gasteiger partial charge in [-0.2, -0.15) is 15.8 Å². The van der Waals surface area contributed by atoms with Gasteiger partial charge in [0, 0.05) is 73.0 Å². The Balaban J connectivity index is 1.26. The zero-order valence-corrected chi connectivity index (χ0v) is 31.2. The van der Waals surface area contributed by atoms with E-state index in [4.69, 9.17) is 0 Å². The van der Waals surface area contributed by atoms with Gasteiger partial charge < -0.3 is 14.7 Å². The monoisotopic (exact) mass is 708 g/mol. The summed E-state index contributed by atoms with van der Waals surface area (Å²) >= 11 is 0. The molecular formula is C48H48N6. The predicted molar refractivity (Wildman–Crippen MR) is 225 cm³/mol. The molecule has 4 aromatic rings. The Morgan fingerprint density at radius 2 is 0.574 bits per heavy atom. The normalized spacial score (nSPS) is 16.5. The van der Waals surface area contributed by atoms with E-state index in [2.05, 4.69) is 106 Å². The topological polar surface area (TPSA) is 81.1 Å². The zero-order valence-electron chi connectivity index (χ0n) is 31.2. The van der Waals surface area contributed by atoms with E-state index in [9.17, 15) is 15.8 Å². The standard InChI is InChI=1S/C48H48N6/c49-34-46-43(25-16-37-10-19-40(20-11-37)52-28-4-1-5-29-52)47(35-50)45(27-18-39-14-23-42(24-15-39)54-32-8-3-9-33-54)48(36-51)44(46)26-17-38-12-21-41(22-13-38)53-30-6-2-7-31-53/h10-27H,1-9,28-33H2. The quantitative estimate of drug-likeness (QED) is 0.161. The molecule has 270 valence electrons. The molecule has 0 radical (unpaired) electrons. The Hall–Kier alpha value is -6.03. The van der Waals surface area contributed by atoms with Crippen molar-refractivity contribution in [3.05, 3.63) is 123 Å². The van der Waals surface area contributed by atoms with Crippen LogP contribution in [0.5, 0.6) is 0 Å². The van der Waals surface area contributed by atoms with Crippen molar-refractivity contribution < 1.29 is 0 Å². The van der Waals surface area contributed by atoms with Crippen LogP contribution in [0.25, 0.3) is 36.5 Å². The van der Waals surface area contributed by atoms with Crippen molar-refractivity contribution in [3.63, 3.8) is 0 Å². The molecule has 6 nitrogen and oxygen atoms in total. The van der Waals surface area contributed by atoms with Crippen molar-refractivity contribution in [2.45, 2.75) is 57.8 Å². The minimum Gasteiger partial charge on any atom is -0.372 e. The average molecular weight is 709 g/mol. The molecule has 0 saturated carbocycles. The Labute approximate surface area is 321 Å². The number of benzene rings is 4. The van der Waals surface area contributed by atoms with Crippen molar-refractivity contribution >= 4 is 53.5 Å². The second kappa shape index (κ2) is 17.7. The number of piperidine rings is 3. The molecule has 4 aromatic carbocycles. The van der Waals surface area contributed by atoms with Crippen LogP contribution in [-0.2, 0) is 0 Å². The summed E-state index contributed by atoms with van der Waals surface area (Å²) in [5.74, 6) is 0. The van der Waals surface area contributed by atoms with Crippen molar-refractivity contribution in [2.24, 2.45) is 0 Å². The van der Waals surface area contributed by atoms with Crippen LogP contribution >= 0.6 is 0 Å². The molecule has 6 heteroatoms. The molecule has 7 rings (SSSR count). The summed E-state index contributed by atoms with van der Waals surface area (Å²) in [6.07, 6.45) is 22.6. The summed E-state index contributed by atoms with van der Waals surface area (Å²) in [5.41, 5.74) is 9.06. The van der Waals surface area contributed by atoms with Gasteiger partial charge in [-0.3, -0.25) is 0 Å². The van der Waals surface area contributed by atoms with Crippen LogP contribution < -0.4 is 14.7 Å². The number of hydrogen-bond donors (Lipinski definition) is 0. The first-order valence-electron chi connectivity index (χ1n) is 19.7. The lowest BCUT2D eigenvalue weighted by Gasteiger charge is -2.28. The minimum absolute atomic E-state index is 0.313. The first kappa shape index (κ1) is 36.3. The largest absolute Gasteiger partial charge is 0.372 e. The van der Waals surface area contributed by atoms with Crippen molar-refractivity contribution in [3.8, 4) is 18.2 Å². The number of rotatable bonds is 9. The summed E-state index contributed by atoms with van der Waals surface area (Å²) in [5, 5.41) is 32.0. The molecule has 3 saturated heterocycles. The van der Waals surface area contributed by atoms with Gasteiger partial charge in [0.25, 0.3) is 0 Å². The number of hydrogen-bond acceptors (Lipinski definition) is 6. The Morgan fingerprint density at radius 3 is 0.796 bits per heavy atom. The maximum absolute atomic E-state index is 10.7. The lowest BCUT2D eigenvalue weighted by Crippen LogP contribution is -2.29. The molecule has 3 fully saturated rings. The summed E-state index contributed by atoms with van der Waals surface area (Å²) in [6.45, 7) is 6.47. The molecule has 3 aliphatic rings.